The minimum Gasteiger partial charge on any atom is -0.480 e. The van der Waals surface area contributed by atoms with Crippen LogP contribution in [0.5, 0.6) is 0 Å². The normalized spacial score (nSPS) is 11.2. The van der Waals surface area contributed by atoms with E-state index in [1.807, 2.05) is 0 Å². The van der Waals surface area contributed by atoms with Crippen molar-refractivity contribution in [2.75, 3.05) is 13.1 Å². The molecule has 0 unspecified atom stereocenters. The van der Waals surface area contributed by atoms with Crippen LogP contribution in [0.2, 0.25) is 0 Å². The van der Waals surface area contributed by atoms with Crippen LogP contribution in [0.1, 0.15) is 10.5 Å². The molecule has 0 saturated carbocycles. The van der Waals surface area contributed by atoms with Crippen molar-refractivity contribution in [1.82, 2.24) is 9.47 Å². The maximum atomic E-state index is 12.4. The van der Waals surface area contributed by atoms with Gasteiger partial charge in [0.2, 0.25) is 0 Å². The summed E-state index contributed by atoms with van der Waals surface area (Å²) in [5, 5.41) is 19.1. The number of hydrogen-bond donors (Lipinski definition) is 1. The molecule has 0 bridgehead atoms. The van der Waals surface area contributed by atoms with Crippen molar-refractivity contribution in [3.63, 3.8) is 0 Å². The number of rotatable bonds is 5. The summed E-state index contributed by atoms with van der Waals surface area (Å²) in [4.78, 5) is 32.3. The van der Waals surface area contributed by atoms with Crippen LogP contribution in [-0.4, -0.2) is 50.6 Å². The number of nitrogens with zero attached hydrogens (tertiary/aromatic N) is 3. The van der Waals surface area contributed by atoms with Crippen LogP contribution in [0.3, 0.4) is 0 Å². The van der Waals surface area contributed by atoms with E-state index in [2.05, 4.69) is 0 Å². The quantitative estimate of drug-likeness (QED) is 0.645. The monoisotopic (exact) mass is 309 g/mol. The highest BCUT2D eigenvalue weighted by atomic mass is 19.4. The summed E-state index contributed by atoms with van der Waals surface area (Å²) in [5.41, 5.74) is -0.893. The summed E-state index contributed by atoms with van der Waals surface area (Å²) in [5.74, 6) is -2.89. The second-order valence-electron chi connectivity index (χ2n) is 4.12. The van der Waals surface area contributed by atoms with Crippen LogP contribution in [-0.2, 0) is 11.8 Å². The Bertz CT molecular complexity index is 581. The van der Waals surface area contributed by atoms with Crippen molar-refractivity contribution >= 4 is 17.6 Å². The fourth-order valence-electron chi connectivity index (χ4n) is 1.60. The summed E-state index contributed by atoms with van der Waals surface area (Å²) >= 11 is 0. The maximum absolute atomic E-state index is 12.4. The van der Waals surface area contributed by atoms with Crippen LogP contribution >= 0.6 is 0 Å². The van der Waals surface area contributed by atoms with Gasteiger partial charge in [-0.05, 0) is 0 Å². The molecule has 1 aromatic heterocycles. The molecule has 0 aliphatic carbocycles. The Morgan fingerprint density at radius 2 is 2.05 bits per heavy atom. The molecule has 0 saturated heterocycles. The minimum absolute atomic E-state index is 0.0569. The van der Waals surface area contributed by atoms with Gasteiger partial charge in [0.1, 0.15) is 18.8 Å². The van der Waals surface area contributed by atoms with E-state index in [0.717, 1.165) is 16.8 Å². The summed E-state index contributed by atoms with van der Waals surface area (Å²) < 4.78 is 38.1. The second kappa shape index (κ2) is 5.81. The molecule has 21 heavy (non-hydrogen) atoms. The number of amides is 1. The molecule has 11 heteroatoms. The van der Waals surface area contributed by atoms with Gasteiger partial charge >= 0.3 is 12.1 Å². The van der Waals surface area contributed by atoms with Crippen LogP contribution in [0.15, 0.2) is 12.3 Å². The number of aromatic nitrogens is 1. The Kier molecular flexibility index (Phi) is 4.55. The number of aliphatic carboxylic acids is 1. The van der Waals surface area contributed by atoms with E-state index in [1.165, 1.54) is 7.05 Å². The molecule has 0 aliphatic heterocycles. The van der Waals surface area contributed by atoms with E-state index in [4.69, 9.17) is 5.11 Å². The predicted molar refractivity (Wildman–Crippen MR) is 61.7 cm³/mol. The van der Waals surface area contributed by atoms with Gasteiger partial charge < -0.3 is 14.6 Å². The molecule has 0 fully saturated rings. The number of halogens is 3. The van der Waals surface area contributed by atoms with Gasteiger partial charge in [-0.15, -0.1) is 0 Å². The van der Waals surface area contributed by atoms with E-state index >= 15 is 0 Å². The smallest absolute Gasteiger partial charge is 0.406 e. The Labute approximate surface area is 115 Å². The highest BCUT2D eigenvalue weighted by molar-refractivity contribution is 5.95. The molecule has 1 amide bonds. The first-order valence-electron chi connectivity index (χ1n) is 5.40. The maximum Gasteiger partial charge on any atom is 0.406 e. The first-order valence-corrected chi connectivity index (χ1v) is 5.40. The third kappa shape index (κ3) is 4.47. The van der Waals surface area contributed by atoms with Crippen molar-refractivity contribution in [2.24, 2.45) is 7.05 Å². The zero-order chi connectivity index (χ0) is 16.4. The topological polar surface area (TPSA) is 106 Å². The first kappa shape index (κ1) is 16.5. The van der Waals surface area contributed by atoms with Gasteiger partial charge in [-0.3, -0.25) is 19.7 Å². The second-order valence-corrected chi connectivity index (χ2v) is 4.12. The molecule has 116 valence electrons. The molecule has 1 rings (SSSR count). The van der Waals surface area contributed by atoms with Crippen LogP contribution in [0.4, 0.5) is 18.9 Å². The Morgan fingerprint density at radius 3 is 2.43 bits per heavy atom. The summed E-state index contributed by atoms with van der Waals surface area (Å²) in [6.07, 6.45) is -3.85. The number of carbonyl (C=O) groups excluding carboxylic acids is 1. The highest BCUT2D eigenvalue weighted by Crippen LogP contribution is 2.20. The van der Waals surface area contributed by atoms with Gasteiger partial charge in [-0.25, -0.2) is 0 Å². The van der Waals surface area contributed by atoms with Crippen LogP contribution in [0, 0.1) is 10.1 Å². The fraction of sp³-hybridized carbons (Fsp3) is 0.400. The van der Waals surface area contributed by atoms with Gasteiger partial charge in [0.25, 0.3) is 11.6 Å². The molecule has 1 N–H and O–H groups in total. The van der Waals surface area contributed by atoms with E-state index in [-0.39, 0.29) is 4.90 Å². The lowest BCUT2D eigenvalue weighted by Gasteiger charge is -2.22. The summed E-state index contributed by atoms with van der Waals surface area (Å²) in [7, 11) is 1.23. The number of carboxylic acids is 1. The standard InChI is InChI=1S/C10H10F3N3O5/c1-14-3-6(16(20)21)2-7(14)9(19)15(4-8(17)18)5-10(11,12)13/h2-3H,4-5H2,1H3,(H,17,18). The van der Waals surface area contributed by atoms with Crippen molar-refractivity contribution in [2.45, 2.75) is 6.18 Å². The minimum atomic E-state index is -4.79. The number of carboxylic acid groups (broad SMARTS) is 1. The lowest BCUT2D eigenvalue weighted by atomic mass is 10.3. The Balaban J connectivity index is 3.10. The Hall–Kier alpha value is -2.59. The fourth-order valence-corrected chi connectivity index (χ4v) is 1.60. The molecule has 0 spiro atoms. The molecular formula is C10H10F3N3O5. The van der Waals surface area contributed by atoms with Crippen molar-refractivity contribution < 1.29 is 32.8 Å². The lowest BCUT2D eigenvalue weighted by Crippen LogP contribution is -2.42. The van der Waals surface area contributed by atoms with Gasteiger partial charge in [0, 0.05) is 13.1 Å². The third-order valence-corrected chi connectivity index (χ3v) is 2.40. The van der Waals surface area contributed by atoms with E-state index in [1.54, 1.807) is 0 Å². The average molecular weight is 309 g/mol. The van der Waals surface area contributed by atoms with E-state index in [9.17, 15) is 32.9 Å². The SMILES string of the molecule is Cn1cc([N+](=O)[O-])cc1C(=O)N(CC(=O)O)CC(F)(F)F. The molecule has 0 aromatic carbocycles. The van der Waals surface area contributed by atoms with Gasteiger partial charge in [0.15, 0.2) is 0 Å². The van der Waals surface area contributed by atoms with E-state index < -0.39 is 47.4 Å². The molecule has 0 atom stereocenters. The number of nitro groups is 1. The number of alkyl halides is 3. The molecular weight excluding hydrogens is 299 g/mol. The van der Waals surface area contributed by atoms with Crippen LogP contribution < -0.4 is 0 Å². The third-order valence-electron chi connectivity index (χ3n) is 2.40. The average Bonchev–Trinajstić information content (AvgIpc) is 2.67. The lowest BCUT2D eigenvalue weighted by molar-refractivity contribution is -0.384. The van der Waals surface area contributed by atoms with Gasteiger partial charge in [-0.2, -0.15) is 13.2 Å². The largest absolute Gasteiger partial charge is 0.480 e. The predicted octanol–water partition coefficient (Wildman–Crippen LogP) is 1.02. The van der Waals surface area contributed by atoms with E-state index in [0.29, 0.717) is 0 Å². The number of aryl methyl sites for hydroxylation is 1. The number of hydrogen-bond acceptors (Lipinski definition) is 4. The van der Waals surface area contributed by atoms with Crippen LogP contribution in [0.25, 0.3) is 0 Å². The molecule has 8 nitrogen and oxygen atoms in total. The molecule has 0 radical (unpaired) electrons. The molecule has 1 aromatic rings. The Morgan fingerprint density at radius 1 is 1.48 bits per heavy atom. The molecule has 1 heterocycles. The highest BCUT2D eigenvalue weighted by Gasteiger charge is 2.35. The number of carbonyl (C=O) groups is 2. The summed E-state index contributed by atoms with van der Waals surface area (Å²) in [6.45, 7) is -2.94. The first-order chi connectivity index (χ1) is 9.51. The molecule has 0 aliphatic rings. The van der Waals surface area contributed by atoms with Gasteiger partial charge in [0.05, 0.1) is 11.1 Å². The van der Waals surface area contributed by atoms with Crippen molar-refractivity contribution in [3.05, 3.63) is 28.1 Å². The van der Waals surface area contributed by atoms with Gasteiger partial charge in [-0.1, -0.05) is 0 Å². The summed E-state index contributed by atoms with van der Waals surface area (Å²) in [6, 6.07) is 0.785. The zero-order valence-electron chi connectivity index (χ0n) is 10.6. The van der Waals surface area contributed by atoms with Crippen molar-refractivity contribution in [1.29, 1.82) is 0 Å². The zero-order valence-corrected chi connectivity index (χ0v) is 10.6. The van der Waals surface area contributed by atoms with Crippen molar-refractivity contribution in [3.8, 4) is 0 Å².